The van der Waals surface area contributed by atoms with Crippen LogP contribution in [0.3, 0.4) is 0 Å². The lowest BCUT2D eigenvalue weighted by atomic mass is 10.1. The number of rotatable bonds is 3. The molecule has 0 N–H and O–H groups in total. The first-order valence-electron chi connectivity index (χ1n) is 7.16. The predicted octanol–water partition coefficient (Wildman–Crippen LogP) is 2.91. The van der Waals surface area contributed by atoms with Crippen LogP contribution in [0, 0.1) is 11.6 Å². The van der Waals surface area contributed by atoms with Crippen molar-refractivity contribution in [2.45, 2.75) is 26.1 Å². The van der Waals surface area contributed by atoms with E-state index in [2.05, 4.69) is 9.36 Å². The molecule has 122 valence electrons. The van der Waals surface area contributed by atoms with Gasteiger partial charge in [0.05, 0.1) is 23.5 Å². The normalized spacial score (nSPS) is 21.5. The molecule has 8 heteroatoms. The first kappa shape index (κ1) is 15.9. The van der Waals surface area contributed by atoms with Gasteiger partial charge in [0, 0.05) is 18.7 Å². The molecule has 0 bridgehead atoms. The summed E-state index contributed by atoms with van der Waals surface area (Å²) in [6.07, 6.45) is 1.52. The van der Waals surface area contributed by atoms with Crippen LogP contribution >= 0.6 is 11.5 Å². The van der Waals surface area contributed by atoms with Crippen LogP contribution in [-0.4, -0.2) is 40.9 Å². The van der Waals surface area contributed by atoms with Crippen molar-refractivity contribution >= 4 is 23.5 Å². The second-order valence-corrected chi connectivity index (χ2v) is 6.30. The van der Waals surface area contributed by atoms with E-state index in [1.807, 2.05) is 13.8 Å². The number of anilines is 1. The number of aldehydes is 1. The van der Waals surface area contributed by atoms with Gasteiger partial charge in [-0.3, -0.25) is 4.79 Å². The molecule has 0 aliphatic carbocycles. The van der Waals surface area contributed by atoms with Gasteiger partial charge in [0.15, 0.2) is 17.9 Å². The summed E-state index contributed by atoms with van der Waals surface area (Å²) in [5.41, 5.74) is 0.0216. The lowest BCUT2D eigenvalue weighted by Gasteiger charge is -2.37. The highest BCUT2D eigenvalue weighted by molar-refractivity contribution is 7.09. The molecule has 5 nitrogen and oxygen atoms in total. The molecule has 23 heavy (non-hydrogen) atoms. The zero-order valence-electron chi connectivity index (χ0n) is 12.6. The topological polar surface area (TPSA) is 55.3 Å². The van der Waals surface area contributed by atoms with E-state index in [9.17, 15) is 13.6 Å². The Morgan fingerprint density at radius 3 is 2.57 bits per heavy atom. The van der Waals surface area contributed by atoms with Crippen molar-refractivity contribution in [3.05, 3.63) is 29.6 Å². The Bertz CT molecular complexity index is 714. The van der Waals surface area contributed by atoms with Crippen LogP contribution in [0.4, 0.5) is 14.5 Å². The molecule has 1 aliphatic heterocycles. The van der Waals surface area contributed by atoms with Gasteiger partial charge in [-0.2, -0.15) is 4.37 Å². The van der Waals surface area contributed by atoms with Crippen LogP contribution in [0.5, 0.6) is 0 Å². The summed E-state index contributed by atoms with van der Waals surface area (Å²) in [4.78, 5) is 17.0. The molecule has 3 rings (SSSR count). The molecular weight excluding hydrogens is 324 g/mol. The molecule has 1 saturated heterocycles. The van der Waals surface area contributed by atoms with Gasteiger partial charge in [0.1, 0.15) is 11.3 Å². The Kier molecular flexibility index (Phi) is 4.36. The van der Waals surface area contributed by atoms with Gasteiger partial charge in [-0.05, 0) is 31.4 Å². The fourth-order valence-corrected chi connectivity index (χ4v) is 3.39. The average Bonchev–Trinajstić information content (AvgIpc) is 3.02. The second kappa shape index (κ2) is 6.29. The summed E-state index contributed by atoms with van der Waals surface area (Å²) in [5, 5.41) is 0.236. The Morgan fingerprint density at radius 2 is 2.00 bits per heavy atom. The predicted molar refractivity (Wildman–Crippen MR) is 82.9 cm³/mol. The first-order chi connectivity index (χ1) is 11.0. The highest BCUT2D eigenvalue weighted by atomic mass is 32.1. The summed E-state index contributed by atoms with van der Waals surface area (Å²) < 4.78 is 38.5. The monoisotopic (exact) mass is 339 g/mol. The highest BCUT2D eigenvalue weighted by Gasteiger charge is 2.29. The number of nitrogens with zero attached hydrogens (tertiary/aromatic N) is 3. The maximum absolute atomic E-state index is 14.7. The molecule has 1 aromatic carbocycles. The first-order valence-corrected chi connectivity index (χ1v) is 7.93. The molecular formula is C15H15F2N3O2S. The molecule has 1 fully saturated rings. The van der Waals surface area contributed by atoms with Crippen LogP contribution in [0.2, 0.25) is 0 Å². The van der Waals surface area contributed by atoms with Crippen LogP contribution in [0.25, 0.3) is 10.6 Å². The highest BCUT2D eigenvalue weighted by Crippen LogP contribution is 2.34. The number of ether oxygens (including phenoxy) is 1. The van der Waals surface area contributed by atoms with E-state index in [-0.39, 0.29) is 34.0 Å². The maximum Gasteiger partial charge on any atom is 0.183 e. The minimum absolute atomic E-state index is 0.0206. The van der Waals surface area contributed by atoms with Crippen molar-refractivity contribution in [1.29, 1.82) is 0 Å². The number of aromatic nitrogens is 2. The van der Waals surface area contributed by atoms with E-state index in [0.29, 0.717) is 19.4 Å². The minimum atomic E-state index is -1.04. The minimum Gasteiger partial charge on any atom is -0.372 e. The number of morpholine rings is 1. The molecule has 1 aromatic heterocycles. The molecule has 0 spiro atoms. The van der Waals surface area contributed by atoms with Crippen LogP contribution in [0.15, 0.2) is 12.4 Å². The Morgan fingerprint density at radius 1 is 1.30 bits per heavy atom. The van der Waals surface area contributed by atoms with E-state index in [1.165, 1.54) is 12.4 Å². The largest absolute Gasteiger partial charge is 0.372 e. The van der Waals surface area contributed by atoms with Gasteiger partial charge in [-0.1, -0.05) is 0 Å². The van der Waals surface area contributed by atoms with Crippen LogP contribution < -0.4 is 4.90 Å². The number of halogens is 2. The maximum atomic E-state index is 14.7. The third-order valence-corrected chi connectivity index (χ3v) is 4.36. The van der Waals surface area contributed by atoms with Gasteiger partial charge in [-0.25, -0.2) is 13.8 Å². The van der Waals surface area contributed by atoms with Crippen molar-refractivity contribution < 1.29 is 18.3 Å². The third-order valence-electron chi connectivity index (χ3n) is 3.66. The molecule has 2 unspecified atom stereocenters. The van der Waals surface area contributed by atoms with Gasteiger partial charge in [-0.15, -0.1) is 0 Å². The van der Waals surface area contributed by atoms with E-state index >= 15 is 0 Å². The van der Waals surface area contributed by atoms with Gasteiger partial charge in [0.25, 0.3) is 0 Å². The van der Waals surface area contributed by atoms with Crippen molar-refractivity contribution in [2.75, 3.05) is 18.0 Å². The van der Waals surface area contributed by atoms with E-state index in [1.54, 1.807) is 4.90 Å². The molecule has 0 radical (unpaired) electrons. The van der Waals surface area contributed by atoms with Gasteiger partial charge < -0.3 is 9.64 Å². The standard InChI is InChI=1S/C15H15F2N3O2S/c1-8-4-20(5-9(2)22-8)14-10(6-21)3-11(12(16)13(14)17)15-18-7-19-23-15/h3,6-9H,4-5H2,1-2H3. The molecule has 2 aromatic rings. The third kappa shape index (κ3) is 2.96. The Balaban J connectivity index is 2.10. The fraction of sp³-hybridized carbons (Fsp3) is 0.400. The van der Waals surface area contributed by atoms with E-state index in [0.717, 1.165) is 11.5 Å². The zero-order valence-corrected chi connectivity index (χ0v) is 13.4. The Hall–Kier alpha value is -1.93. The second-order valence-electron chi connectivity index (χ2n) is 5.52. The number of carbonyl (C=O) groups is 1. The number of hydrogen-bond acceptors (Lipinski definition) is 6. The fourth-order valence-electron chi connectivity index (χ4n) is 2.86. The summed E-state index contributed by atoms with van der Waals surface area (Å²) in [6.45, 7) is 4.49. The van der Waals surface area contributed by atoms with Crippen molar-refractivity contribution in [3.8, 4) is 10.6 Å². The van der Waals surface area contributed by atoms with Crippen LogP contribution in [-0.2, 0) is 4.74 Å². The number of benzene rings is 1. The SMILES string of the molecule is CC1CN(c2c(C=O)cc(-c3ncns3)c(F)c2F)CC(C)O1. The smallest absolute Gasteiger partial charge is 0.183 e. The van der Waals surface area contributed by atoms with Gasteiger partial charge >= 0.3 is 0 Å². The molecule has 0 amide bonds. The quantitative estimate of drug-likeness (QED) is 0.805. The lowest BCUT2D eigenvalue weighted by Crippen LogP contribution is -2.46. The van der Waals surface area contributed by atoms with Crippen molar-refractivity contribution in [1.82, 2.24) is 9.36 Å². The summed E-state index contributed by atoms with van der Waals surface area (Å²) >= 11 is 0.943. The summed E-state index contributed by atoms with van der Waals surface area (Å²) in [7, 11) is 0. The molecule has 2 atom stereocenters. The average molecular weight is 339 g/mol. The van der Waals surface area contributed by atoms with E-state index < -0.39 is 11.6 Å². The summed E-state index contributed by atoms with van der Waals surface area (Å²) in [5.74, 6) is -2.06. The zero-order chi connectivity index (χ0) is 16.6. The molecule has 0 saturated carbocycles. The Labute approximate surface area is 136 Å². The molecule has 1 aliphatic rings. The van der Waals surface area contributed by atoms with Gasteiger partial charge in [0.2, 0.25) is 0 Å². The molecule has 2 heterocycles. The number of hydrogen-bond donors (Lipinski definition) is 0. The number of carbonyl (C=O) groups excluding carboxylic acids is 1. The lowest BCUT2D eigenvalue weighted by molar-refractivity contribution is -0.00546. The summed E-state index contributed by atoms with van der Waals surface area (Å²) in [6, 6.07) is 1.33. The van der Waals surface area contributed by atoms with E-state index in [4.69, 9.17) is 4.74 Å². The van der Waals surface area contributed by atoms with Crippen LogP contribution in [0.1, 0.15) is 24.2 Å². The van der Waals surface area contributed by atoms with Crippen molar-refractivity contribution in [2.24, 2.45) is 0 Å². The van der Waals surface area contributed by atoms with Crippen molar-refractivity contribution in [3.63, 3.8) is 0 Å².